The molecule has 0 radical (unpaired) electrons. The second kappa shape index (κ2) is 5.52. The van der Waals surface area contributed by atoms with Gasteiger partial charge in [-0.1, -0.05) is 32.3 Å². The van der Waals surface area contributed by atoms with Gasteiger partial charge >= 0.3 is 0 Å². The Balaban J connectivity index is 2.33. The third-order valence-corrected chi connectivity index (χ3v) is 3.33. The van der Waals surface area contributed by atoms with Crippen LogP contribution in [0, 0.1) is 0 Å². The molecule has 1 nitrogen and oxygen atoms in total. The normalized spacial score (nSPS) is 15.4. The van der Waals surface area contributed by atoms with Crippen LogP contribution in [-0.2, 0) is 6.42 Å². The topological polar surface area (TPSA) is 20.2 Å². The van der Waals surface area contributed by atoms with Gasteiger partial charge in [-0.3, -0.25) is 0 Å². The number of thiophene rings is 1. The van der Waals surface area contributed by atoms with Gasteiger partial charge in [-0.05, 0) is 24.8 Å². The van der Waals surface area contributed by atoms with E-state index in [-0.39, 0.29) is 0 Å². The lowest BCUT2D eigenvalue weighted by molar-refractivity contribution is 0.0494. The summed E-state index contributed by atoms with van der Waals surface area (Å²) in [6, 6.07) is 4.14. The van der Waals surface area contributed by atoms with Crippen LogP contribution in [0.4, 0.5) is 0 Å². The zero-order valence-electron chi connectivity index (χ0n) is 9.12. The van der Waals surface area contributed by atoms with Crippen molar-refractivity contribution in [3.05, 3.63) is 22.4 Å². The fourth-order valence-electron chi connectivity index (χ4n) is 1.63. The lowest BCUT2D eigenvalue weighted by atomic mass is 9.94. The number of hydrogen-bond donors (Lipinski definition) is 1. The van der Waals surface area contributed by atoms with Gasteiger partial charge in [0.1, 0.15) is 0 Å². The summed E-state index contributed by atoms with van der Waals surface area (Å²) in [5.74, 6) is 0. The highest BCUT2D eigenvalue weighted by Gasteiger charge is 2.20. The summed E-state index contributed by atoms with van der Waals surface area (Å²) in [6.07, 6.45) is 5.29. The maximum absolute atomic E-state index is 10.1. The molecule has 1 aromatic rings. The molecule has 0 fully saturated rings. The summed E-state index contributed by atoms with van der Waals surface area (Å²) in [6.45, 7) is 4.14. The van der Waals surface area contributed by atoms with E-state index in [0.717, 1.165) is 19.3 Å². The van der Waals surface area contributed by atoms with Gasteiger partial charge < -0.3 is 5.11 Å². The lowest BCUT2D eigenvalue weighted by Crippen LogP contribution is -2.26. The van der Waals surface area contributed by atoms with Gasteiger partial charge in [-0.25, -0.2) is 0 Å². The van der Waals surface area contributed by atoms with Crippen LogP contribution < -0.4 is 0 Å². The van der Waals surface area contributed by atoms with E-state index in [1.165, 1.54) is 17.7 Å². The quantitative estimate of drug-likeness (QED) is 0.714. The van der Waals surface area contributed by atoms with Gasteiger partial charge in [0, 0.05) is 11.3 Å². The first-order valence-corrected chi connectivity index (χ1v) is 6.27. The van der Waals surface area contributed by atoms with E-state index in [4.69, 9.17) is 0 Å². The molecule has 1 heterocycles. The number of aliphatic hydroxyl groups is 1. The number of rotatable bonds is 6. The molecule has 0 aliphatic carbocycles. The molecule has 1 N–H and O–H groups in total. The second-order valence-electron chi connectivity index (χ2n) is 4.21. The lowest BCUT2D eigenvalue weighted by Gasteiger charge is -2.22. The summed E-state index contributed by atoms with van der Waals surface area (Å²) in [5.41, 5.74) is -0.514. The van der Waals surface area contributed by atoms with Gasteiger partial charge in [0.05, 0.1) is 5.60 Å². The van der Waals surface area contributed by atoms with E-state index in [0.29, 0.717) is 0 Å². The van der Waals surface area contributed by atoms with Gasteiger partial charge in [0.25, 0.3) is 0 Å². The Morgan fingerprint density at radius 3 is 2.79 bits per heavy atom. The second-order valence-corrected chi connectivity index (χ2v) is 5.24. The summed E-state index contributed by atoms with van der Waals surface area (Å²) in [7, 11) is 0. The van der Waals surface area contributed by atoms with Crippen molar-refractivity contribution in [2.24, 2.45) is 0 Å². The predicted molar refractivity (Wildman–Crippen MR) is 62.8 cm³/mol. The van der Waals surface area contributed by atoms with Gasteiger partial charge in [-0.15, -0.1) is 11.3 Å². The molecule has 14 heavy (non-hydrogen) atoms. The van der Waals surface area contributed by atoms with Crippen molar-refractivity contribution in [3.8, 4) is 0 Å². The first kappa shape index (κ1) is 11.7. The van der Waals surface area contributed by atoms with Crippen LogP contribution in [0.15, 0.2) is 17.5 Å². The Morgan fingerprint density at radius 2 is 2.21 bits per heavy atom. The monoisotopic (exact) mass is 212 g/mol. The first-order valence-electron chi connectivity index (χ1n) is 5.39. The van der Waals surface area contributed by atoms with Crippen LogP contribution in [0.3, 0.4) is 0 Å². The maximum atomic E-state index is 10.1. The largest absolute Gasteiger partial charge is 0.390 e. The molecule has 0 aliphatic heterocycles. The number of hydrogen-bond acceptors (Lipinski definition) is 2. The highest BCUT2D eigenvalue weighted by atomic mass is 32.1. The molecular weight excluding hydrogens is 192 g/mol. The fraction of sp³-hybridized carbons (Fsp3) is 0.667. The maximum Gasteiger partial charge on any atom is 0.0667 e. The molecule has 2 heteroatoms. The zero-order chi connectivity index (χ0) is 10.4. The number of unbranched alkanes of at least 4 members (excludes halogenated alkanes) is 2. The summed E-state index contributed by atoms with van der Waals surface area (Å²) in [5, 5.41) is 12.2. The SMILES string of the molecule is CCCCCC(C)(O)Cc1cccs1. The van der Waals surface area contributed by atoms with E-state index in [1.54, 1.807) is 11.3 Å². The Kier molecular flexibility index (Phi) is 4.63. The van der Waals surface area contributed by atoms with Crippen molar-refractivity contribution in [2.75, 3.05) is 0 Å². The molecule has 0 spiro atoms. The van der Waals surface area contributed by atoms with Crippen LogP contribution in [0.25, 0.3) is 0 Å². The Hall–Kier alpha value is -0.340. The summed E-state index contributed by atoms with van der Waals surface area (Å²) in [4.78, 5) is 1.28. The van der Waals surface area contributed by atoms with Crippen molar-refractivity contribution >= 4 is 11.3 Å². The van der Waals surface area contributed by atoms with Gasteiger partial charge in [0.2, 0.25) is 0 Å². The molecule has 0 saturated heterocycles. The van der Waals surface area contributed by atoms with Gasteiger partial charge in [-0.2, -0.15) is 0 Å². The van der Waals surface area contributed by atoms with E-state index >= 15 is 0 Å². The standard InChI is InChI=1S/C12H20OS/c1-3-4-5-8-12(2,13)10-11-7-6-9-14-11/h6-7,9,13H,3-5,8,10H2,1-2H3. The summed E-state index contributed by atoms with van der Waals surface area (Å²) < 4.78 is 0. The van der Waals surface area contributed by atoms with Crippen molar-refractivity contribution in [1.29, 1.82) is 0 Å². The van der Waals surface area contributed by atoms with Crippen molar-refractivity contribution < 1.29 is 5.11 Å². The minimum Gasteiger partial charge on any atom is -0.390 e. The molecule has 1 aromatic heterocycles. The minimum absolute atomic E-state index is 0.514. The Morgan fingerprint density at radius 1 is 1.43 bits per heavy atom. The molecule has 0 bridgehead atoms. The van der Waals surface area contributed by atoms with Crippen LogP contribution >= 0.6 is 11.3 Å². The van der Waals surface area contributed by atoms with Crippen molar-refractivity contribution in [1.82, 2.24) is 0 Å². The molecule has 0 amide bonds. The molecule has 0 aromatic carbocycles. The van der Waals surface area contributed by atoms with E-state index in [9.17, 15) is 5.11 Å². The predicted octanol–water partition coefficient (Wildman–Crippen LogP) is 3.62. The molecule has 0 aliphatic rings. The van der Waals surface area contributed by atoms with E-state index in [1.807, 2.05) is 13.0 Å². The zero-order valence-corrected chi connectivity index (χ0v) is 9.94. The first-order chi connectivity index (χ1) is 6.64. The van der Waals surface area contributed by atoms with E-state index in [2.05, 4.69) is 18.4 Å². The fourth-order valence-corrected chi connectivity index (χ4v) is 2.52. The van der Waals surface area contributed by atoms with Crippen LogP contribution in [0.5, 0.6) is 0 Å². The van der Waals surface area contributed by atoms with Crippen LogP contribution in [-0.4, -0.2) is 10.7 Å². The van der Waals surface area contributed by atoms with Crippen LogP contribution in [0.2, 0.25) is 0 Å². The molecular formula is C12H20OS. The van der Waals surface area contributed by atoms with Crippen LogP contribution in [0.1, 0.15) is 44.4 Å². The third kappa shape index (κ3) is 4.25. The smallest absolute Gasteiger partial charge is 0.0667 e. The highest BCUT2D eigenvalue weighted by Crippen LogP contribution is 2.22. The third-order valence-electron chi connectivity index (χ3n) is 2.45. The molecule has 0 saturated carbocycles. The summed E-state index contributed by atoms with van der Waals surface area (Å²) >= 11 is 1.73. The average molecular weight is 212 g/mol. The molecule has 1 rings (SSSR count). The average Bonchev–Trinajstić information content (AvgIpc) is 2.56. The molecule has 80 valence electrons. The highest BCUT2D eigenvalue weighted by molar-refractivity contribution is 7.09. The van der Waals surface area contributed by atoms with Crippen molar-refractivity contribution in [3.63, 3.8) is 0 Å². The molecule has 1 atom stereocenters. The van der Waals surface area contributed by atoms with E-state index < -0.39 is 5.60 Å². The van der Waals surface area contributed by atoms with Gasteiger partial charge in [0.15, 0.2) is 0 Å². The van der Waals surface area contributed by atoms with Crippen molar-refractivity contribution in [2.45, 2.75) is 51.6 Å². The Labute approximate surface area is 90.8 Å². The Bertz CT molecular complexity index is 239. The molecule has 1 unspecified atom stereocenters. The minimum atomic E-state index is -0.514.